The van der Waals surface area contributed by atoms with Crippen LogP contribution in [0.1, 0.15) is 48.0 Å². The van der Waals surface area contributed by atoms with Gasteiger partial charge >= 0.3 is 6.09 Å². The number of carbonyl (C=O) groups excluding carboxylic acids is 1. The maximum absolute atomic E-state index is 12.0. The molecule has 2 unspecified atom stereocenters. The Balaban J connectivity index is 1.94. The van der Waals surface area contributed by atoms with E-state index in [9.17, 15) is 4.79 Å². The fourth-order valence-corrected chi connectivity index (χ4v) is 2.74. The normalized spacial score (nSPS) is 31.9. The summed E-state index contributed by atoms with van der Waals surface area (Å²) in [5.74, 6) is 0. The molecule has 4 nitrogen and oxygen atoms in total. The van der Waals surface area contributed by atoms with Crippen LogP contribution in [0, 0.1) is 5.41 Å². The maximum atomic E-state index is 12.0. The number of fused-ring (bicyclic) bond motifs is 1. The van der Waals surface area contributed by atoms with Gasteiger partial charge in [-0.15, -0.1) is 0 Å². The SMILES string of the molecule is CC(C)(C)OC(=O)N1CCC2(C(C)(C)C)OC2C1. The van der Waals surface area contributed by atoms with Gasteiger partial charge in [-0.2, -0.15) is 0 Å². The van der Waals surface area contributed by atoms with E-state index in [4.69, 9.17) is 9.47 Å². The van der Waals surface area contributed by atoms with Gasteiger partial charge < -0.3 is 14.4 Å². The highest BCUT2D eigenvalue weighted by Crippen LogP contribution is 2.54. The largest absolute Gasteiger partial charge is 0.444 e. The lowest BCUT2D eigenvalue weighted by Gasteiger charge is -2.35. The van der Waals surface area contributed by atoms with E-state index in [-0.39, 0.29) is 23.2 Å². The molecule has 0 bridgehead atoms. The molecule has 104 valence electrons. The number of amides is 1. The monoisotopic (exact) mass is 255 g/mol. The van der Waals surface area contributed by atoms with E-state index in [0.717, 1.165) is 13.0 Å². The first-order chi connectivity index (χ1) is 8.05. The lowest BCUT2D eigenvalue weighted by molar-refractivity contribution is 0.0192. The van der Waals surface area contributed by atoms with Gasteiger partial charge in [-0.25, -0.2) is 4.79 Å². The van der Waals surface area contributed by atoms with Crippen molar-refractivity contribution in [1.29, 1.82) is 0 Å². The van der Waals surface area contributed by atoms with Crippen LogP contribution < -0.4 is 0 Å². The van der Waals surface area contributed by atoms with Gasteiger partial charge in [-0.3, -0.25) is 0 Å². The summed E-state index contributed by atoms with van der Waals surface area (Å²) in [5.41, 5.74) is -0.316. The number of ether oxygens (including phenoxy) is 2. The van der Waals surface area contributed by atoms with Crippen molar-refractivity contribution in [3.05, 3.63) is 0 Å². The molecule has 4 heteroatoms. The van der Waals surface area contributed by atoms with Crippen molar-refractivity contribution < 1.29 is 14.3 Å². The zero-order chi connectivity index (χ0) is 13.8. The van der Waals surface area contributed by atoms with Gasteiger partial charge in [0, 0.05) is 6.54 Å². The second kappa shape index (κ2) is 3.86. The number of nitrogens with zero attached hydrogens (tertiary/aromatic N) is 1. The van der Waals surface area contributed by atoms with Crippen molar-refractivity contribution in [2.45, 2.75) is 65.3 Å². The molecular formula is C14H25NO3. The molecule has 0 aliphatic carbocycles. The van der Waals surface area contributed by atoms with Gasteiger partial charge in [-0.05, 0) is 32.6 Å². The molecule has 18 heavy (non-hydrogen) atoms. The highest BCUT2D eigenvalue weighted by Gasteiger charge is 2.65. The van der Waals surface area contributed by atoms with Crippen molar-refractivity contribution in [2.24, 2.45) is 5.41 Å². The number of hydrogen-bond acceptors (Lipinski definition) is 3. The number of carbonyl (C=O) groups is 1. The molecule has 0 aromatic carbocycles. The zero-order valence-electron chi connectivity index (χ0n) is 12.4. The van der Waals surface area contributed by atoms with Crippen molar-refractivity contribution in [2.75, 3.05) is 13.1 Å². The molecule has 0 N–H and O–H groups in total. The van der Waals surface area contributed by atoms with Crippen LogP contribution in [-0.4, -0.2) is 41.4 Å². The number of hydrogen-bond donors (Lipinski definition) is 0. The molecule has 2 saturated heterocycles. The summed E-state index contributed by atoms with van der Waals surface area (Å²) < 4.78 is 11.3. The minimum absolute atomic E-state index is 0.0223. The molecule has 0 saturated carbocycles. The van der Waals surface area contributed by atoms with Crippen molar-refractivity contribution in [1.82, 2.24) is 4.90 Å². The van der Waals surface area contributed by atoms with Crippen molar-refractivity contribution >= 4 is 6.09 Å². The molecule has 0 aromatic rings. The number of rotatable bonds is 0. The lowest BCUT2D eigenvalue weighted by atomic mass is 9.74. The summed E-state index contributed by atoms with van der Waals surface area (Å²) in [7, 11) is 0. The third kappa shape index (κ3) is 2.35. The molecule has 2 aliphatic heterocycles. The van der Waals surface area contributed by atoms with Crippen molar-refractivity contribution in [3.8, 4) is 0 Å². The molecule has 2 rings (SSSR count). The van der Waals surface area contributed by atoms with Gasteiger partial charge in [0.15, 0.2) is 0 Å². The minimum Gasteiger partial charge on any atom is -0.444 e. The molecule has 0 spiro atoms. The van der Waals surface area contributed by atoms with E-state index in [0.29, 0.717) is 6.54 Å². The second-order valence-corrected chi connectivity index (χ2v) is 7.42. The van der Waals surface area contributed by atoms with Crippen LogP contribution in [0.25, 0.3) is 0 Å². The molecule has 2 heterocycles. The summed E-state index contributed by atoms with van der Waals surface area (Å²) in [6, 6.07) is 0. The molecule has 0 radical (unpaired) electrons. The third-order valence-corrected chi connectivity index (χ3v) is 3.88. The average Bonchev–Trinajstić information content (AvgIpc) is 2.87. The van der Waals surface area contributed by atoms with Gasteiger partial charge in [0.25, 0.3) is 0 Å². The topological polar surface area (TPSA) is 42.1 Å². The van der Waals surface area contributed by atoms with Crippen LogP contribution in [0.4, 0.5) is 4.79 Å². The molecule has 1 amide bonds. The highest BCUT2D eigenvalue weighted by atomic mass is 16.6. The summed E-state index contributed by atoms with van der Waals surface area (Å²) >= 11 is 0. The van der Waals surface area contributed by atoms with Gasteiger partial charge in [0.2, 0.25) is 0 Å². The smallest absolute Gasteiger partial charge is 0.410 e. The van der Waals surface area contributed by atoms with Crippen LogP contribution >= 0.6 is 0 Å². The number of piperidine rings is 1. The predicted octanol–water partition coefficient (Wildman–Crippen LogP) is 2.81. The van der Waals surface area contributed by atoms with E-state index < -0.39 is 5.60 Å². The minimum atomic E-state index is -0.431. The molecule has 2 aliphatic rings. The Kier molecular flexibility index (Phi) is 2.93. The summed E-state index contributed by atoms with van der Waals surface area (Å²) in [6.07, 6.45) is 0.861. The molecule has 2 fully saturated rings. The van der Waals surface area contributed by atoms with E-state index >= 15 is 0 Å². The molecular weight excluding hydrogens is 230 g/mol. The molecule has 2 atom stereocenters. The van der Waals surface area contributed by atoms with Crippen LogP contribution in [0.15, 0.2) is 0 Å². The Labute approximate surface area is 110 Å². The fourth-order valence-electron chi connectivity index (χ4n) is 2.74. The van der Waals surface area contributed by atoms with E-state index in [1.54, 1.807) is 4.90 Å². The Morgan fingerprint density at radius 3 is 2.33 bits per heavy atom. The Morgan fingerprint density at radius 1 is 1.28 bits per heavy atom. The van der Waals surface area contributed by atoms with Gasteiger partial charge in [-0.1, -0.05) is 20.8 Å². The van der Waals surface area contributed by atoms with Crippen LogP contribution in [0.3, 0.4) is 0 Å². The average molecular weight is 255 g/mol. The standard InChI is InChI=1S/C14H25NO3/c1-12(2,3)14-7-8-15(9-10(14)17-14)11(16)18-13(4,5)6/h10H,7-9H2,1-6H3. The van der Waals surface area contributed by atoms with Gasteiger partial charge in [0.05, 0.1) is 6.54 Å². The zero-order valence-corrected chi connectivity index (χ0v) is 12.4. The Bertz CT molecular complexity index is 353. The Morgan fingerprint density at radius 2 is 1.89 bits per heavy atom. The number of epoxide rings is 1. The first-order valence-corrected chi connectivity index (χ1v) is 6.71. The quantitative estimate of drug-likeness (QED) is 0.625. The van der Waals surface area contributed by atoms with Crippen LogP contribution in [0.5, 0.6) is 0 Å². The van der Waals surface area contributed by atoms with E-state index in [2.05, 4.69) is 20.8 Å². The van der Waals surface area contributed by atoms with Crippen molar-refractivity contribution in [3.63, 3.8) is 0 Å². The molecule has 0 aromatic heterocycles. The highest BCUT2D eigenvalue weighted by molar-refractivity contribution is 5.68. The predicted molar refractivity (Wildman–Crippen MR) is 69.5 cm³/mol. The maximum Gasteiger partial charge on any atom is 0.410 e. The third-order valence-electron chi connectivity index (χ3n) is 3.88. The van der Waals surface area contributed by atoms with Crippen LogP contribution in [-0.2, 0) is 9.47 Å². The second-order valence-electron chi connectivity index (χ2n) is 7.42. The van der Waals surface area contributed by atoms with E-state index in [1.165, 1.54) is 0 Å². The van der Waals surface area contributed by atoms with E-state index in [1.807, 2.05) is 20.8 Å². The first-order valence-electron chi connectivity index (χ1n) is 6.71. The summed E-state index contributed by atoms with van der Waals surface area (Å²) in [4.78, 5) is 13.8. The Hall–Kier alpha value is -0.770. The summed E-state index contributed by atoms with van der Waals surface area (Å²) in [6.45, 7) is 13.7. The number of likely N-dealkylation sites (tertiary alicyclic amines) is 1. The summed E-state index contributed by atoms with van der Waals surface area (Å²) in [5, 5.41) is 0. The van der Waals surface area contributed by atoms with Crippen LogP contribution in [0.2, 0.25) is 0 Å². The fraction of sp³-hybridized carbons (Fsp3) is 0.929. The van der Waals surface area contributed by atoms with Gasteiger partial charge in [0.1, 0.15) is 17.3 Å². The lowest BCUT2D eigenvalue weighted by Crippen LogP contribution is -2.48. The first kappa shape index (κ1) is 13.7.